The average molecular weight is 435 g/mol. The highest BCUT2D eigenvalue weighted by Gasteiger charge is 2.30. The zero-order valence-electron chi connectivity index (χ0n) is 17.3. The second-order valence-corrected chi connectivity index (χ2v) is 6.69. The minimum Gasteiger partial charge on any atom is -0.467 e. The van der Waals surface area contributed by atoms with Crippen molar-refractivity contribution in [3.63, 3.8) is 0 Å². The van der Waals surface area contributed by atoms with Crippen LogP contribution in [-0.2, 0) is 24.7 Å². The van der Waals surface area contributed by atoms with Gasteiger partial charge in [-0.15, -0.1) is 5.10 Å². The SMILES string of the molecule is COc1nn(C)c(=O)n1-c1c(C)cccc1CO/N=C(/C)c1cc(C(F)(F)F)ccn1. The van der Waals surface area contributed by atoms with Crippen molar-refractivity contribution < 1.29 is 22.7 Å². The molecule has 0 unspecified atom stereocenters. The van der Waals surface area contributed by atoms with E-state index >= 15 is 0 Å². The first-order chi connectivity index (χ1) is 14.6. The molecule has 3 rings (SSSR count). The second-order valence-electron chi connectivity index (χ2n) is 6.69. The first kappa shape index (κ1) is 22.1. The number of rotatable bonds is 6. The number of ether oxygens (including phenoxy) is 1. The number of hydrogen-bond acceptors (Lipinski definition) is 6. The van der Waals surface area contributed by atoms with Crippen LogP contribution in [-0.4, -0.2) is 32.2 Å². The Morgan fingerprint density at radius 2 is 2.00 bits per heavy atom. The number of nitrogens with zero attached hydrogens (tertiary/aromatic N) is 5. The van der Waals surface area contributed by atoms with Gasteiger partial charge in [0, 0.05) is 18.8 Å². The van der Waals surface area contributed by atoms with Crippen molar-refractivity contribution in [1.29, 1.82) is 0 Å². The molecule has 0 N–H and O–H groups in total. The molecule has 31 heavy (non-hydrogen) atoms. The Morgan fingerprint density at radius 1 is 1.26 bits per heavy atom. The highest BCUT2D eigenvalue weighted by atomic mass is 19.4. The predicted molar refractivity (Wildman–Crippen MR) is 106 cm³/mol. The van der Waals surface area contributed by atoms with Crippen LogP contribution in [0.3, 0.4) is 0 Å². The monoisotopic (exact) mass is 435 g/mol. The Bertz CT molecular complexity index is 1180. The van der Waals surface area contributed by atoms with Gasteiger partial charge in [0.1, 0.15) is 12.3 Å². The molecule has 0 aliphatic heterocycles. The Hall–Kier alpha value is -3.63. The highest BCUT2D eigenvalue weighted by molar-refractivity contribution is 5.96. The molecule has 0 aliphatic rings. The van der Waals surface area contributed by atoms with Crippen LogP contribution in [0.4, 0.5) is 13.2 Å². The van der Waals surface area contributed by atoms with Crippen LogP contribution in [0, 0.1) is 6.92 Å². The lowest BCUT2D eigenvalue weighted by Crippen LogP contribution is -2.23. The number of para-hydroxylation sites is 1. The van der Waals surface area contributed by atoms with Crippen LogP contribution in [0.1, 0.15) is 29.3 Å². The van der Waals surface area contributed by atoms with E-state index in [1.54, 1.807) is 12.1 Å². The normalized spacial score (nSPS) is 12.2. The van der Waals surface area contributed by atoms with E-state index in [0.717, 1.165) is 28.6 Å². The fourth-order valence-electron chi connectivity index (χ4n) is 2.97. The summed E-state index contributed by atoms with van der Waals surface area (Å²) in [5.74, 6) is 0. The summed E-state index contributed by atoms with van der Waals surface area (Å²) in [6, 6.07) is 7.25. The average Bonchev–Trinajstić information content (AvgIpc) is 3.01. The molecule has 1 aromatic carbocycles. The summed E-state index contributed by atoms with van der Waals surface area (Å²) in [5.41, 5.74) is 0.913. The van der Waals surface area contributed by atoms with Crippen molar-refractivity contribution in [2.24, 2.45) is 12.2 Å². The van der Waals surface area contributed by atoms with Gasteiger partial charge in [0.05, 0.1) is 24.1 Å². The lowest BCUT2D eigenvalue weighted by molar-refractivity contribution is -0.137. The number of aryl methyl sites for hydroxylation is 2. The van der Waals surface area contributed by atoms with Gasteiger partial charge in [0.25, 0.3) is 0 Å². The van der Waals surface area contributed by atoms with Crippen molar-refractivity contribution in [3.05, 3.63) is 69.4 Å². The van der Waals surface area contributed by atoms with Crippen LogP contribution in [0.2, 0.25) is 0 Å². The molecule has 0 spiro atoms. The summed E-state index contributed by atoms with van der Waals surface area (Å²) in [6.45, 7) is 3.27. The van der Waals surface area contributed by atoms with Gasteiger partial charge in [-0.1, -0.05) is 23.4 Å². The molecule has 0 saturated heterocycles. The Balaban J connectivity index is 1.89. The maximum Gasteiger partial charge on any atom is 0.416 e. The van der Waals surface area contributed by atoms with Gasteiger partial charge in [-0.2, -0.15) is 13.2 Å². The quantitative estimate of drug-likeness (QED) is 0.439. The third kappa shape index (κ3) is 4.60. The molecule has 0 amide bonds. The molecule has 0 bridgehead atoms. The van der Waals surface area contributed by atoms with Gasteiger partial charge < -0.3 is 9.57 Å². The predicted octanol–water partition coefficient (Wildman–Crippen LogP) is 3.24. The van der Waals surface area contributed by atoms with E-state index in [2.05, 4.69) is 15.2 Å². The number of halogens is 3. The smallest absolute Gasteiger partial charge is 0.416 e. The fourth-order valence-corrected chi connectivity index (χ4v) is 2.97. The molecular weight excluding hydrogens is 415 g/mol. The van der Waals surface area contributed by atoms with Crippen molar-refractivity contribution in [2.45, 2.75) is 26.6 Å². The van der Waals surface area contributed by atoms with E-state index in [-0.39, 0.29) is 24.0 Å². The fraction of sp³-hybridized carbons (Fsp3) is 0.300. The zero-order chi connectivity index (χ0) is 22.8. The van der Waals surface area contributed by atoms with E-state index in [1.807, 2.05) is 13.0 Å². The zero-order valence-corrected chi connectivity index (χ0v) is 17.3. The van der Waals surface area contributed by atoms with Crippen LogP contribution in [0.25, 0.3) is 5.69 Å². The largest absolute Gasteiger partial charge is 0.467 e. The standard InChI is InChI=1S/C20H20F3N5O3/c1-12-6-5-7-14(17(12)28-18(30-4)25-27(3)19(28)29)11-31-26-13(2)16-10-15(8-9-24-16)20(21,22)23/h5-10H,11H2,1-4H3/b26-13-. The van der Waals surface area contributed by atoms with Gasteiger partial charge in [-0.25, -0.2) is 14.0 Å². The highest BCUT2D eigenvalue weighted by Crippen LogP contribution is 2.29. The van der Waals surface area contributed by atoms with Crippen LogP contribution < -0.4 is 10.4 Å². The van der Waals surface area contributed by atoms with Gasteiger partial charge in [0.2, 0.25) is 0 Å². The van der Waals surface area contributed by atoms with Gasteiger partial charge in [-0.05, 0) is 31.5 Å². The van der Waals surface area contributed by atoms with Gasteiger partial charge in [0.15, 0.2) is 0 Å². The molecule has 11 heteroatoms. The van der Waals surface area contributed by atoms with Crippen LogP contribution in [0.15, 0.2) is 46.5 Å². The Labute approximate surface area is 175 Å². The molecular formula is C20H20F3N5O3. The molecule has 8 nitrogen and oxygen atoms in total. The first-order valence-electron chi connectivity index (χ1n) is 9.12. The summed E-state index contributed by atoms with van der Waals surface area (Å²) < 4.78 is 46.4. The molecule has 164 valence electrons. The first-order valence-corrected chi connectivity index (χ1v) is 9.12. The summed E-state index contributed by atoms with van der Waals surface area (Å²) >= 11 is 0. The molecule has 0 saturated carbocycles. The number of benzene rings is 1. The van der Waals surface area contributed by atoms with Crippen molar-refractivity contribution in [3.8, 4) is 11.7 Å². The molecule has 0 radical (unpaired) electrons. The molecule has 2 aromatic heterocycles. The molecule has 2 heterocycles. The summed E-state index contributed by atoms with van der Waals surface area (Å²) in [7, 11) is 2.91. The number of aromatic nitrogens is 4. The molecule has 3 aromatic rings. The van der Waals surface area contributed by atoms with Crippen LogP contribution in [0.5, 0.6) is 6.01 Å². The van der Waals surface area contributed by atoms with Crippen molar-refractivity contribution in [2.75, 3.05) is 7.11 Å². The number of methoxy groups -OCH3 is 1. The lowest BCUT2D eigenvalue weighted by Gasteiger charge is -2.13. The van der Waals surface area contributed by atoms with E-state index in [0.29, 0.717) is 11.3 Å². The van der Waals surface area contributed by atoms with Crippen molar-refractivity contribution >= 4 is 5.71 Å². The van der Waals surface area contributed by atoms with Gasteiger partial charge >= 0.3 is 17.9 Å². The van der Waals surface area contributed by atoms with E-state index < -0.39 is 17.4 Å². The minimum atomic E-state index is -4.48. The minimum absolute atomic E-state index is 0.0438. The molecule has 0 aliphatic carbocycles. The third-order valence-electron chi connectivity index (χ3n) is 4.50. The number of alkyl halides is 3. The summed E-state index contributed by atoms with van der Waals surface area (Å²) in [6.07, 6.45) is -3.41. The van der Waals surface area contributed by atoms with Crippen LogP contribution >= 0.6 is 0 Å². The molecule has 0 atom stereocenters. The number of oxime groups is 1. The number of hydrogen-bond donors (Lipinski definition) is 0. The van der Waals surface area contributed by atoms with E-state index in [4.69, 9.17) is 9.57 Å². The van der Waals surface area contributed by atoms with Crippen molar-refractivity contribution in [1.82, 2.24) is 19.3 Å². The summed E-state index contributed by atoms with van der Waals surface area (Å²) in [5, 5.41) is 7.93. The number of pyridine rings is 1. The third-order valence-corrected chi connectivity index (χ3v) is 4.50. The Kier molecular flexibility index (Phi) is 6.14. The maximum atomic E-state index is 12.9. The van der Waals surface area contributed by atoms with Gasteiger partial charge in [-0.3, -0.25) is 4.98 Å². The Morgan fingerprint density at radius 3 is 2.68 bits per heavy atom. The summed E-state index contributed by atoms with van der Waals surface area (Å²) in [4.78, 5) is 21.8. The second kappa shape index (κ2) is 8.62. The maximum absolute atomic E-state index is 12.9. The molecule has 0 fully saturated rings. The lowest BCUT2D eigenvalue weighted by atomic mass is 10.1. The van der Waals surface area contributed by atoms with E-state index in [1.165, 1.54) is 25.6 Å². The topological polar surface area (TPSA) is 83.5 Å². The van der Waals surface area contributed by atoms with E-state index in [9.17, 15) is 18.0 Å².